The summed E-state index contributed by atoms with van der Waals surface area (Å²) in [6, 6.07) is 3.23. The highest BCUT2D eigenvalue weighted by Crippen LogP contribution is 2.14. The molecule has 0 unspecified atom stereocenters. The van der Waals surface area contributed by atoms with Crippen LogP contribution in [0.15, 0.2) is 18.3 Å². The number of hydrogen-bond donors (Lipinski definition) is 2. The van der Waals surface area contributed by atoms with E-state index in [1.54, 1.807) is 17.0 Å². The smallest absolute Gasteiger partial charge is 0.254 e. The molecule has 0 radical (unpaired) electrons. The van der Waals surface area contributed by atoms with Gasteiger partial charge in [0.05, 0.1) is 6.10 Å². The Kier molecular flexibility index (Phi) is 3.05. The molecule has 2 heterocycles. The van der Waals surface area contributed by atoms with Crippen LogP contribution in [0.5, 0.6) is 0 Å². The number of likely N-dealkylation sites (tertiary alicyclic amines) is 1. The number of pyridine rings is 1. The Morgan fingerprint density at radius 3 is 2.81 bits per heavy atom. The van der Waals surface area contributed by atoms with E-state index in [4.69, 9.17) is 5.73 Å². The highest BCUT2D eigenvalue weighted by molar-refractivity contribution is 5.94. The summed E-state index contributed by atoms with van der Waals surface area (Å²) in [5.74, 6) is 0.309. The highest BCUT2D eigenvalue weighted by atomic mass is 16.3. The molecular formula is C11H15N3O2. The third-order valence-corrected chi connectivity index (χ3v) is 2.78. The Balaban J connectivity index is 2.08. The monoisotopic (exact) mass is 221 g/mol. The molecule has 1 aliphatic rings. The van der Waals surface area contributed by atoms with Crippen molar-refractivity contribution < 1.29 is 9.90 Å². The van der Waals surface area contributed by atoms with Gasteiger partial charge in [-0.2, -0.15) is 0 Å². The van der Waals surface area contributed by atoms with E-state index in [1.165, 1.54) is 6.20 Å². The molecule has 2 rings (SSSR count). The van der Waals surface area contributed by atoms with E-state index in [0.29, 0.717) is 37.3 Å². The van der Waals surface area contributed by atoms with Crippen LogP contribution in [-0.2, 0) is 0 Å². The average molecular weight is 221 g/mol. The molecule has 1 aromatic rings. The molecule has 0 aromatic carbocycles. The van der Waals surface area contributed by atoms with Crippen molar-refractivity contribution in [2.45, 2.75) is 18.9 Å². The number of nitrogen functional groups attached to an aromatic ring is 1. The van der Waals surface area contributed by atoms with Crippen LogP contribution >= 0.6 is 0 Å². The Morgan fingerprint density at radius 2 is 2.19 bits per heavy atom. The van der Waals surface area contributed by atoms with Crippen molar-refractivity contribution in [2.75, 3.05) is 18.8 Å². The lowest BCUT2D eigenvalue weighted by Crippen LogP contribution is -2.40. The zero-order valence-corrected chi connectivity index (χ0v) is 8.97. The number of rotatable bonds is 1. The number of carbonyl (C=O) groups excluding carboxylic acids is 1. The maximum absolute atomic E-state index is 12.0. The third kappa shape index (κ3) is 2.30. The summed E-state index contributed by atoms with van der Waals surface area (Å²) in [6.45, 7) is 1.20. The van der Waals surface area contributed by atoms with E-state index in [2.05, 4.69) is 4.98 Å². The van der Waals surface area contributed by atoms with Gasteiger partial charge in [0.1, 0.15) is 5.82 Å². The minimum atomic E-state index is -0.272. The highest BCUT2D eigenvalue weighted by Gasteiger charge is 2.22. The van der Waals surface area contributed by atoms with Crippen molar-refractivity contribution in [3.8, 4) is 0 Å². The second-order valence-corrected chi connectivity index (χ2v) is 3.99. The first-order valence-corrected chi connectivity index (χ1v) is 5.35. The number of aliphatic hydroxyl groups excluding tert-OH is 1. The Labute approximate surface area is 93.9 Å². The number of piperidine rings is 1. The van der Waals surface area contributed by atoms with E-state index in [1.807, 2.05) is 0 Å². The minimum absolute atomic E-state index is 0.0407. The molecule has 5 nitrogen and oxygen atoms in total. The van der Waals surface area contributed by atoms with Gasteiger partial charge in [0, 0.05) is 24.8 Å². The van der Waals surface area contributed by atoms with Gasteiger partial charge >= 0.3 is 0 Å². The summed E-state index contributed by atoms with van der Waals surface area (Å²) >= 11 is 0. The zero-order chi connectivity index (χ0) is 11.5. The molecule has 0 spiro atoms. The second kappa shape index (κ2) is 4.49. The molecule has 16 heavy (non-hydrogen) atoms. The van der Waals surface area contributed by atoms with Crippen LogP contribution in [0.3, 0.4) is 0 Å². The van der Waals surface area contributed by atoms with Crippen LogP contribution in [0.2, 0.25) is 0 Å². The second-order valence-electron chi connectivity index (χ2n) is 3.99. The van der Waals surface area contributed by atoms with E-state index in [9.17, 15) is 9.90 Å². The van der Waals surface area contributed by atoms with Gasteiger partial charge in [-0.05, 0) is 25.0 Å². The molecule has 1 amide bonds. The minimum Gasteiger partial charge on any atom is -0.393 e. The molecule has 1 fully saturated rings. The van der Waals surface area contributed by atoms with Gasteiger partial charge in [0.25, 0.3) is 5.91 Å². The molecule has 0 saturated carbocycles. The fraction of sp³-hybridized carbons (Fsp3) is 0.455. The Hall–Kier alpha value is -1.62. The van der Waals surface area contributed by atoms with Crippen molar-refractivity contribution in [1.29, 1.82) is 0 Å². The quantitative estimate of drug-likeness (QED) is 0.713. The fourth-order valence-corrected chi connectivity index (χ4v) is 1.83. The molecule has 86 valence electrons. The first-order valence-electron chi connectivity index (χ1n) is 5.35. The van der Waals surface area contributed by atoms with Crippen LogP contribution in [0.1, 0.15) is 23.2 Å². The number of carbonyl (C=O) groups is 1. The molecule has 0 aliphatic carbocycles. The van der Waals surface area contributed by atoms with Crippen LogP contribution in [0.25, 0.3) is 0 Å². The van der Waals surface area contributed by atoms with E-state index < -0.39 is 0 Å². The molecule has 0 bridgehead atoms. The van der Waals surface area contributed by atoms with Crippen LogP contribution < -0.4 is 5.73 Å². The Bertz CT molecular complexity index is 387. The number of anilines is 1. The first kappa shape index (κ1) is 10.9. The van der Waals surface area contributed by atoms with Crippen LogP contribution in [0, 0.1) is 0 Å². The van der Waals surface area contributed by atoms with Crippen LogP contribution in [-0.4, -0.2) is 40.1 Å². The SMILES string of the molecule is Nc1cc(C(=O)N2CCC(O)CC2)ccn1. The summed E-state index contributed by atoms with van der Waals surface area (Å²) in [4.78, 5) is 17.6. The summed E-state index contributed by atoms with van der Waals surface area (Å²) in [7, 11) is 0. The molecular weight excluding hydrogens is 206 g/mol. The van der Waals surface area contributed by atoms with Gasteiger partial charge in [-0.1, -0.05) is 0 Å². The summed E-state index contributed by atoms with van der Waals surface area (Å²) < 4.78 is 0. The number of nitrogens with zero attached hydrogens (tertiary/aromatic N) is 2. The maximum Gasteiger partial charge on any atom is 0.254 e. The molecule has 1 aromatic heterocycles. The third-order valence-electron chi connectivity index (χ3n) is 2.78. The molecule has 3 N–H and O–H groups in total. The molecule has 0 atom stereocenters. The number of aliphatic hydroxyl groups is 1. The maximum atomic E-state index is 12.0. The fourth-order valence-electron chi connectivity index (χ4n) is 1.83. The van der Waals surface area contributed by atoms with Crippen molar-refractivity contribution in [3.05, 3.63) is 23.9 Å². The number of aromatic nitrogens is 1. The van der Waals surface area contributed by atoms with E-state index in [0.717, 1.165) is 0 Å². The predicted octanol–water partition coefficient (Wildman–Crippen LogP) is 0.261. The predicted molar refractivity (Wildman–Crippen MR) is 59.8 cm³/mol. The molecule has 1 aliphatic heterocycles. The molecule has 1 saturated heterocycles. The lowest BCUT2D eigenvalue weighted by Gasteiger charge is -2.29. The van der Waals surface area contributed by atoms with Crippen LogP contribution in [0.4, 0.5) is 5.82 Å². The summed E-state index contributed by atoms with van der Waals surface area (Å²) in [5.41, 5.74) is 6.09. The van der Waals surface area contributed by atoms with Gasteiger partial charge in [-0.25, -0.2) is 4.98 Å². The normalized spacial score (nSPS) is 17.4. The lowest BCUT2D eigenvalue weighted by atomic mass is 10.1. The van der Waals surface area contributed by atoms with Gasteiger partial charge in [0.2, 0.25) is 0 Å². The van der Waals surface area contributed by atoms with Gasteiger partial charge in [0.15, 0.2) is 0 Å². The van der Waals surface area contributed by atoms with Gasteiger partial charge in [-0.3, -0.25) is 4.79 Å². The standard InChI is InChI=1S/C11H15N3O2/c12-10-7-8(1-4-13-10)11(16)14-5-2-9(15)3-6-14/h1,4,7,9,15H,2-3,5-6H2,(H2,12,13). The van der Waals surface area contributed by atoms with Crippen molar-refractivity contribution in [1.82, 2.24) is 9.88 Å². The van der Waals surface area contributed by atoms with Crippen molar-refractivity contribution in [3.63, 3.8) is 0 Å². The number of hydrogen-bond acceptors (Lipinski definition) is 4. The average Bonchev–Trinajstić information content (AvgIpc) is 2.29. The zero-order valence-electron chi connectivity index (χ0n) is 8.97. The van der Waals surface area contributed by atoms with E-state index >= 15 is 0 Å². The van der Waals surface area contributed by atoms with Gasteiger partial charge in [-0.15, -0.1) is 0 Å². The van der Waals surface area contributed by atoms with Crippen molar-refractivity contribution >= 4 is 11.7 Å². The first-order chi connectivity index (χ1) is 7.66. The Morgan fingerprint density at radius 1 is 1.50 bits per heavy atom. The molecule has 5 heteroatoms. The van der Waals surface area contributed by atoms with Crippen molar-refractivity contribution in [2.24, 2.45) is 0 Å². The number of nitrogens with two attached hydrogens (primary N) is 1. The topological polar surface area (TPSA) is 79.5 Å². The van der Waals surface area contributed by atoms with E-state index in [-0.39, 0.29) is 12.0 Å². The number of amides is 1. The summed E-state index contributed by atoms with van der Waals surface area (Å²) in [6.07, 6.45) is 2.55. The lowest BCUT2D eigenvalue weighted by molar-refractivity contribution is 0.0546. The van der Waals surface area contributed by atoms with Gasteiger partial charge < -0.3 is 15.7 Å². The largest absolute Gasteiger partial charge is 0.393 e. The summed E-state index contributed by atoms with van der Waals surface area (Å²) in [5, 5.41) is 9.36.